The second-order valence-electron chi connectivity index (χ2n) is 5.05. The first-order valence-corrected chi connectivity index (χ1v) is 7.76. The van der Waals surface area contributed by atoms with Gasteiger partial charge in [-0.05, 0) is 39.2 Å². The Balaban J connectivity index is 2.21. The Morgan fingerprint density at radius 1 is 1.44 bits per heavy atom. The summed E-state index contributed by atoms with van der Waals surface area (Å²) in [6.45, 7) is 9.55. The minimum absolute atomic E-state index is 0.642. The molecule has 2 heteroatoms. The molecule has 1 aliphatic rings. The molecular weight excluding hydrogens is 214 g/mol. The monoisotopic (exact) mass is 241 g/mol. The van der Waals surface area contributed by atoms with Crippen molar-refractivity contribution >= 4 is 11.8 Å². The molecule has 0 radical (unpaired) electrons. The molecule has 1 nitrogen and oxygen atoms in total. The SMILES string of the molecule is C=C(C)CC(CSC1CCCC1)NCCC. The average molecular weight is 241 g/mol. The Labute approximate surface area is 105 Å². The molecule has 0 bridgehead atoms. The minimum Gasteiger partial charge on any atom is -0.313 e. The summed E-state index contributed by atoms with van der Waals surface area (Å²) < 4.78 is 0. The van der Waals surface area contributed by atoms with Crippen LogP contribution in [0.4, 0.5) is 0 Å². The second-order valence-corrected chi connectivity index (χ2v) is 6.39. The van der Waals surface area contributed by atoms with Crippen molar-refractivity contribution in [1.29, 1.82) is 0 Å². The third-order valence-corrected chi connectivity index (χ3v) is 4.65. The van der Waals surface area contributed by atoms with Crippen molar-refractivity contribution in [2.75, 3.05) is 12.3 Å². The van der Waals surface area contributed by atoms with Crippen LogP contribution in [0, 0.1) is 0 Å². The van der Waals surface area contributed by atoms with Crippen molar-refractivity contribution in [1.82, 2.24) is 5.32 Å². The quantitative estimate of drug-likeness (QED) is 0.645. The summed E-state index contributed by atoms with van der Waals surface area (Å²) in [6, 6.07) is 0.642. The third-order valence-electron chi connectivity index (χ3n) is 3.11. The summed E-state index contributed by atoms with van der Waals surface area (Å²) in [5, 5.41) is 4.58. The molecular formula is C14H27NS. The van der Waals surface area contributed by atoms with Gasteiger partial charge in [0.2, 0.25) is 0 Å². The van der Waals surface area contributed by atoms with Crippen LogP contribution in [-0.4, -0.2) is 23.6 Å². The summed E-state index contributed by atoms with van der Waals surface area (Å²) in [5.74, 6) is 1.26. The number of hydrogen-bond acceptors (Lipinski definition) is 2. The Morgan fingerprint density at radius 2 is 2.12 bits per heavy atom. The molecule has 1 atom stereocenters. The number of thioether (sulfide) groups is 1. The predicted molar refractivity (Wildman–Crippen MR) is 76.2 cm³/mol. The molecule has 0 aromatic heterocycles. The van der Waals surface area contributed by atoms with E-state index in [1.54, 1.807) is 0 Å². The van der Waals surface area contributed by atoms with E-state index in [0.717, 1.165) is 18.2 Å². The Bertz CT molecular complexity index is 197. The van der Waals surface area contributed by atoms with Crippen molar-refractivity contribution in [2.45, 2.75) is 63.7 Å². The van der Waals surface area contributed by atoms with Crippen molar-refractivity contribution in [3.63, 3.8) is 0 Å². The van der Waals surface area contributed by atoms with Crippen molar-refractivity contribution in [3.8, 4) is 0 Å². The van der Waals surface area contributed by atoms with E-state index in [0.29, 0.717) is 6.04 Å². The molecule has 0 aromatic rings. The van der Waals surface area contributed by atoms with E-state index in [-0.39, 0.29) is 0 Å². The van der Waals surface area contributed by atoms with Gasteiger partial charge in [-0.15, -0.1) is 6.58 Å². The van der Waals surface area contributed by atoms with E-state index in [4.69, 9.17) is 0 Å². The van der Waals surface area contributed by atoms with Gasteiger partial charge in [-0.2, -0.15) is 11.8 Å². The topological polar surface area (TPSA) is 12.0 Å². The van der Waals surface area contributed by atoms with Gasteiger partial charge in [-0.1, -0.05) is 25.3 Å². The zero-order valence-electron chi connectivity index (χ0n) is 10.9. The predicted octanol–water partition coefficient (Wildman–Crippen LogP) is 4.00. The summed E-state index contributed by atoms with van der Waals surface area (Å²) in [7, 11) is 0. The van der Waals surface area contributed by atoms with Crippen LogP contribution >= 0.6 is 11.8 Å². The van der Waals surface area contributed by atoms with Crippen LogP contribution in [0.2, 0.25) is 0 Å². The first-order chi connectivity index (χ1) is 7.72. The van der Waals surface area contributed by atoms with Gasteiger partial charge in [-0.3, -0.25) is 0 Å². The highest BCUT2D eigenvalue weighted by Crippen LogP contribution is 2.30. The molecule has 1 N–H and O–H groups in total. The van der Waals surface area contributed by atoms with Gasteiger partial charge >= 0.3 is 0 Å². The van der Waals surface area contributed by atoms with E-state index in [1.165, 1.54) is 43.4 Å². The van der Waals surface area contributed by atoms with E-state index in [1.807, 2.05) is 0 Å². The normalized spacial score (nSPS) is 18.9. The van der Waals surface area contributed by atoms with E-state index in [9.17, 15) is 0 Å². The van der Waals surface area contributed by atoms with E-state index in [2.05, 4.69) is 37.5 Å². The van der Waals surface area contributed by atoms with Crippen LogP contribution in [0.1, 0.15) is 52.4 Å². The molecule has 1 saturated carbocycles. The van der Waals surface area contributed by atoms with Crippen LogP contribution in [0.25, 0.3) is 0 Å². The molecule has 94 valence electrons. The summed E-state index contributed by atoms with van der Waals surface area (Å²) in [4.78, 5) is 0. The van der Waals surface area contributed by atoms with E-state index < -0.39 is 0 Å². The Hall–Kier alpha value is 0.0500. The summed E-state index contributed by atoms with van der Waals surface area (Å²) >= 11 is 2.18. The highest BCUT2D eigenvalue weighted by molar-refractivity contribution is 7.99. The lowest BCUT2D eigenvalue weighted by atomic mass is 10.1. The third kappa shape index (κ3) is 5.95. The first-order valence-electron chi connectivity index (χ1n) is 6.71. The Kier molecular flexibility index (Phi) is 7.22. The summed E-state index contributed by atoms with van der Waals surface area (Å²) in [6.07, 6.45) is 8.15. The van der Waals surface area contributed by atoms with Crippen molar-refractivity contribution < 1.29 is 0 Å². The maximum atomic E-state index is 4.03. The van der Waals surface area contributed by atoms with Gasteiger partial charge in [0.1, 0.15) is 0 Å². The molecule has 1 aliphatic carbocycles. The lowest BCUT2D eigenvalue weighted by molar-refractivity contribution is 0.548. The van der Waals surface area contributed by atoms with Gasteiger partial charge in [0.05, 0.1) is 0 Å². The highest BCUT2D eigenvalue weighted by atomic mass is 32.2. The van der Waals surface area contributed by atoms with Gasteiger partial charge in [0.25, 0.3) is 0 Å². The minimum atomic E-state index is 0.642. The molecule has 0 heterocycles. The van der Waals surface area contributed by atoms with Crippen LogP contribution in [0.5, 0.6) is 0 Å². The van der Waals surface area contributed by atoms with Crippen molar-refractivity contribution in [2.24, 2.45) is 0 Å². The largest absolute Gasteiger partial charge is 0.313 e. The first kappa shape index (κ1) is 14.1. The standard InChI is InChI=1S/C14H27NS/c1-4-9-15-13(10-12(2)3)11-16-14-7-5-6-8-14/h13-15H,2,4-11H2,1,3H3. The summed E-state index contributed by atoms with van der Waals surface area (Å²) in [5.41, 5.74) is 1.31. The van der Waals surface area contributed by atoms with Gasteiger partial charge in [0.15, 0.2) is 0 Å². The molecule has 0 saturated heterocycles. The van der Waals surface area contributed by atoms with Crippen LogP contribution in [0.15, 0.2) is 12.2 Å². The molecule has 0 spiro atoms. The van der Waals surface area contributed by atoms with Crippen LogP contribution in [0.3, 0.4) is 0 Å². The molecule has 16 heavy (non-hydrogen) atoms. The fourth-order valence-electron chi connectivity index (χ4n) is 2.27. The van der Waals surface area contributed by atoms with Gasteiger partial charge in [-0.25, -0.2) is 0 Å². The fraction of sp³-hybridized carbons (Fsp3) is 0.857. The van der Waals surface area contributed by atoms with Crippen LogP contribution < -0.4 is 5.32 Å². The molecule has 0 aliphatic heterocycles. The fourth-order valence-corrected chi connectivity index (χ4v) is 3.67. The average Bonchev–Trinajstić information content (AvgIpc) is 2.74. The zero-order chi connectivity index (χ0) is 11.8. The Morgan fingerprint density at radius 3 is 2.69 bits per heavy atom. The molecule has 0 amide bonds. The highest BCUT2D eigenvalue weighted by Gasteiger charge is 2.17. The number of rotatable bonds is 8. The number of hydrogen-bond donors (Lipinski definition) is 1. The van der Waals surface area contributed by atoms with Gasteiger partial charge < -0.3 is 5.32 Å². The molecule has 1 fully saturated rings. The van der Waals surface area contributed by atoms with Crippen molar-refractivity contribution in [3.05, 3.63) is 12.2 Å². The van der Waals surface area contributed by atoms with Gasteiger partial charge in [0, 0.05) is 17.0 Å². The molecule has 1 unspecified atom stereocenters. The lowest BCUT2D eigenvalue weighted by Gasteiger charge is -2.20. The van der Waals surface area contributed by atoms with Crippen LogP contribution in [-0.2, 0) is 0 Å². The zero-order valence-corrected chi connectivity index (χ0v) is 11.7. The maximum absolute atomic E-state index is 4.03. The maximum Gasteiger partial charge on any atom is 0.0195 e. The second kappa shape index (κ2) is 8.19. The molecule has 1 rings (SSSR count). The number of nitrogens with one attached hydrogen (secondary N) is 1. The van der Waals surface area contributed by atoms with E-state index >= 15 is 0 Å². The molecule has 0 aromatic carbocycles. The smallest absolute Gasteiger partial charge is 0.0195 e. The lowest BCUT2D eigenvalue weighted by Crippen LogP contribution is -2.32.